The molecule has 0 radical (unpaired) electrons. The van der Waals surface area contributed by atoms with Crippen LogP contribution in [-0.4, -0.2) is 21.9 Å². The van der Waals surface area contributed by atoms with Crippen LogP contribution in [0, 0.1) is 10.8 Å². The van der Waals surface area contributed by atoms with Crippen molar-refractivity contribution < 1.29 is 9.90 Å². The van der Waals surface area contributed by atoms with Gasteiger partial charge in [0.15, 0.2) is 5.78 Å². The lowest BCUT2D eigenvalue weighted by molar-refractivity contribution is -0.121. The van der Waals surface area contributed by atoms with E-state index in [1.807, 2.05) is 13.8 Å². The first-order valence-electron chi connectivity index (χ1n) is 6.69. The highest BCUT2D eigenvalue weighted by Crippen LogP contribution is 2.60. The van der Waals surface area contributed by atoms with Crippen LogP contribution >= 0.6 is 11.6 Å². The third-order valence-corrected chi connectivity index (χ3v) is 5.93. The van der Waals surface area contributed by atoms with E-state index in [0.29, 0.717) is 12.8 Å². The third kappa shape index (κ3) is 1.94. The van der Waals surface area contributed by atoms with Crippen LogP contribution in [-0.2, 0) is 4.79 Å². The van der Waals surface area contributed by atoms with Gasteiger partial charge >= 0.3 is 0 Å². The molecule has 1 fully saturated rings. The van der Waals surface area contributed by atoms with Gasteiger partial charge in [0, 0.05) is 6.42 Å². The first kappa shape index (κ1) is 14.1. The minimum Gasteiger partial charge on any atom is -0.389 e. The zero-order valence-corrected chi connectivity index (χ0v) is 12.5. The monoisotopic (exact) mass is 270 g/mol. The van der Waals surface area contributed by atoms with Gasteiger partial charge in [-0.25, -0.2) is 0 Å². The fourth-order valence-electron chi connectivity index (χ4n) is 3.79. The molecule has 3 atom stereocenters. The Kier molecular flexibility index (Phi) is 3.19. The molecule has 0 aliphatic heterocycles. The molecule has 1 spiro atoms. The molecule has 18 heavy (non-hydrogen) atoms. The van der Waals surface area contributed by atoms with Crippen molar-refractivity contribution in [1.29, 1.82) is 0 Å². The lowest BCUT2D eigenvalue weighted by Crippen LogP contribution is -2.53. The second kappa shape index (κ2) is 4.08. The lowest BCUT2D eigenvalue weighted by atomic mass is 9.50. The largest absolute Gasteiger partial charge is 0.389 e. The van der Waals surface area contributed by atoms with Crippen molar-refractivity contribution >= 4 is 17.4 Å². The molecule has 0 aromatic heterocycles. The molecule has 2 nitrogen and oxygen atoms in total. The maximum absolute atomic E-state index is 11.8. The van der Waals surface area contributed by atoms with E-state index in [2.05, 4.69) is 13.8 Å². The van der Waals surface area contributed by atoms with Crippen LogP contribution in [0.1, 0.15) is 53.4 Å². The van der Waals surface area contributed by atoms with E-state index in [4.69, 9.17) is 11.6 Å². The van der Waals surface area contributed by atoms with Gasteiger partial charge < -0.3 is 5.11 Å². The zero-order valence-electron chi connectivity index (χ0n) is 11.7. The molecule has 0 amide bonds. The maximum Gasteiger partial charge on any atom is 0.156 e. The van der Waals surface area contributed by atoms with Crippen molar-refractivity contribution in [3.63, 3.8) is 0 Å². The molecule has 1 N–H and O–H groups in total. The highest BCUT2D eigenvalue weighted by atomic mass is 35.5. The zero-order chi connectivity index (χ0) is 13.8. The van der Waals surface area contributed by atoms with Crippen LogP contribution < -0.4 is 0 Å². The van der Waals surface area contributed by atoms with E-state index in [1.165, 1.54) is 0 Å². The van der Waals surface area contributed by atoms with Gasteiger partial charge in [0.1, 0.15) is 0 Å². The molecule has 0 saturated heterocycles. The summed E-state index contributed by atoms with van der Waals surface area (Å²) in [6, 6.07) is 0. The maximum atomic E-state index is 11.8. The topological polar surface area (TPSA) is 37.3 Å². The van der Waals surface area contributed by atoms with Gasteiger partial charge in [0.05, 0.1) is 11.0 Å². The Morgan fingerprint density at radius 1 is 1.33 bits per heavy atom. The fourth-order valence-corrected chi connectivity index (χ4v) is 4.17. The van der Waals surface area contributed by atoms with E-state index in [9.17, 15) is 9.90 Å². The Labute approximate surface area is 114 Å². The number of carbonyl (C=O) groups excluding carboxylic acids is 1. The van der Waals surface area contributed by atoms with Gasteiger partial charge in [-0.3, -0.25) is 4.79 Å². The third-order valence-electron chi connectivity index (χ3n) is 5.30. The van der Waals surface area contributed by atoms with Crippen molar-refractivity contribution in [2.75, 3.05) is 0 Å². The number of allylic oxidation sites excluding steroid dienone is 2. The number of alkyl halides is 1. The highest BCUT2D eigenvalue weighted by molar-refractivity contribution is 6.21. The second-order valence-corrected chi connectivity index (χ2v) is 7.49. The molecule has 2 aliphatic carbocycles. The molecule has 1 saturated carbocycles. The number of aliphatic hydroxyl groups is 1. The fraction of sp³-hybridized carbons (Fsp3) is 0.800. The van der Waals surface area contributed by atoms with Crippen LogP contribution in [0.25, 0.3) is 0 Å². The molecule has 0 unspecified atom stereocenters. The summed E-state index contributed by atoms with van der Waals surface area (Å²) >= 11 is 6.40. The van der Waals surface area contributed by atoms with Crippen molar-refractivity contribution in [3.8, 4) is 0 Å². The van der Waals surface area contributed by atoms with E-state index in [0.717, 1.165) is 18.4 Å². The standard InChI is InChI=1S/C15H23ClO2/c1-10-7-11(17)8-13(2,3)15(10)6-5-14(4,18)12(16)9-15/h7,12,18H,5-6,8-9H2,1-4H3/t12-,14+,15+/m0/s1. The van der Waals surface area contributed by atoms with Crippen molar-refractivity contribution in [2.24, 2.45) is 10.8 Å². The summed E-state index contributed by atoms with van der Waals surface area (Å²) in [6.07, 6.45) is 4.73. The Bertz CT molecular complexity index is 409. The molecular formula is C15H23ClO2. The van der Waals surface area contributed by atoms with Crippen LogP contribution in [0.2, 0.25) is 0 Å². The smallest absolute Gasteiger partial charge is 0.156 e. The quantitative estimate of drug-likeness (QED) is 0.685. The Balaban J connectivity index is 2.42. The minimum atomic E-state index is -0.787. The summed E-state index contributed by atoms with van der Waals surface area (Å²) in [5, 5.41) is 10.00. The summed E-state index contributed by atoms with van der Waals surface area (Å²) in [6.45, 7) is 8.18. The van der Waals surface area contributed by atoms with Gasteiger partial charge in [-0.2, -0.15) is 0 Å². The molecule has 0 heterocycles. The number of hydrogen-bond donors (Lipinski definition) is 1. The number of hydrogen-bond acceptors (Lipinski definition) is 2. The molecule has 3 heteroatoms. The Hall–Kier alpha value is -0.340. The first-order valence-corrected chi connectivity index (χ1v) is 7.12. The van der Waals surface area contributed by atoms with Crippen molar-refractivity contribution in [2.45, 2.75) is 64.4 Å². The normalized spacial score (nSPS) is 44.0. The van der Waals surface area contributed by atoms with E-state index >= 15 is 0 Å². The van der Waals surface area contributed by atoms with Crippen molar-refractivity contribution in [3.05, 3.63) is 11.6 Å². The average molecular weight is 271 g/mol. The van der Waals surface area contributed by atoms with Crippen LogP contribution in [0.5, 0.6) is 0 Å². The highest BCUT2D eigenvalue weighted by Gasteiger charge is 2.55. The summed E-state index contributed by atoms with van der Waals surface area (Å²) in [5.74, 6) is 0.214. The van der Waals surface area contributed by atoms with Gasteiger partial charge in [-0.15, -0.1) is 11.6 Å². The Morgan fingerprint density at radius 3 is 2.44 bits per heavy atom. The molecule has 102 valence electrons. The Morgan fingerprint density at radius 2 is 1.94 bits per heavy atom. The molecular weight excluding hydrogens is 248 g/mol. The molecule has 2 aliphatic rings. The molecule has 0 aromatic rings. The first-order chi connectivity index (χ1) is 8.11. The summed E-state index contributed by atoms with van der Waals surface area (Å²) in [4.78, 5) is 11.8. The van der Waals surface area contributed by atoms with E-state index < -0.39 is 5.60 Å². The number of rotatable bonds is 0. The van der Waals surface area contributed by atoms with Gasteiger partial charge in [0.25, 0.3) is 0 Å². The minimum absolute atomic E-state index is 0.0322. The molecule has 2 rings (SSSR count). The van der Waals surface area contributed by atoms with Gasteiger partial charge in [-0.05, 0) is 50.0 Å². The lowest BCUT2D eigenvalue weighted by Gasteiger charge is -2.56. The SMILES string of the molecule is CC1=CC(=O)CC(C)(C)[C@@]12CC[C@@](C)(O)[C@@H](Cl)C2. The van der Waals surface area contributed by atoms with Crippen LogP contribution in [0.15, 0.2) is 11.6 Å². The van der Waals surface area contributed by atoms with E-state index in [1.54, 1.807) is 6.08 Å². The summed E-state index contributed by atoms with van der Waals surface area (Å²) in [5.41, 5.74) is 0.247. The summed E-state index contributed by atoms with van der Waals surface area (Å²) in [7, 11) is 0. The molecule has 0 aromatic carbocycles. The average Bonchev–Trinajstić information content (AvgIpc) is 2.19. The van der Waals surface area contributed by atoms with E-state index in [-0.39, 0.29) is 22.0 Å². The number of ketones is 1. The second-order valence-electron chi connectivity index (χ2n) is 6.97. The molecule has 0 bridgehead atoms. The van der Waals surface area contributed by atoms with Crippen LogP contribution in [0.3, 0.4) is 0 Å². The number of carbonyl (C=O) groups is 1. The van der Waals surface area contributed by atoms with Gasteiger partial charge in [0.2, 0.25) is 0 Å². The van der Waals surface area contributed by atoms with Gasteiger partial charge in [-0.1, -0.05) is 19.4 Å². The predicted octanol–water partition coefficient (Wildman–Crippen LogP) is 3.46. The summed E-state index contributed by atoms with van der Waals surface area (Å²) < 4.78 is 0. The predicted molar refractivity (Wildman–Crippen MR) is 73.7 cm³/mol. The van der Waals surface area contributed by atoms with Crippen molar-refractivity contribution in [1.82, 2.24) is 0 Å². The van der Waals surface area contributed by atoms with Crippen LogP contribution in [0.4, 0.5) is 0 Å². The number of halogens is 1.